The third-order valence-corrected chi connectivity index (χ3v) is 6.72. The Kier molecular flexibility index (Phi) is 8.20. The standard InChI is InChI=1S/C28H40N2O/c1-6-9-22(7-2)20-30(8-3)26-11-10-23(17-26)18-29-19-24-16-25-12-14-28(4,5)15-13-27(25)31-21-24/h6-9,12-15,23-24,26,29H,1-3,10-11,16-21H2,4-5H3/b22-9+. The van der Waals surface area contributed by atoms with Gasteiger partial charge in [0.2, 0.25) is 0 Å². The quantitative estimate of drug-likeness (QED) is 0.443. The second-order valence-electron chi connectivity index (χ2n) is 9.79. The minimum absolute atomic E-state index is 0.0979. The summed E-state index contributed by atoms with van der Waals surface area (Å²) in [5, 5.41) is 3.74. The van der Waals surface area contributed by atoms with Gasteiger partial charge >= 0.3 is 0 Å². The molecule has 2 aliphatic carbocycles. The summed E-state index contributed by atoms with van der Waals surface area (Å²) >= 11 is 0. The number of ether oxygens (including phenoxy) is 1. The molecule has 1 N–H and O–H groups in total. The Bertz CT molecular complexity index is 783. The summed E-state index contributed by atoms with van der Waals surface area (Å²) in [6.45, 7) is 20.0. The molecule has 31 heavy (non-hydrogen) atoms. The monoisotopic (exact) mass is 420 g/mol. The molecule has 3 aliphatic rings. The van der Waals surface area contributed by atoms with Crippen molar-refractivity contribution in [3.05, 3.63) is 85.4 Å². The molecular formula is C28H40N2O. The first-order valence-electron chi connectivity index (χ1n) is 11.7. The Morgan fingerprint density at radius 1 is 1.16 bits per heavy atom. The van der Waals surface area contributed by atoms with Crippen LogP contribution in [0, 0.1) is 17.3 Å². The van der Waals surface area contributed by atoms with Gasteiger partial charge in [-0.2, -0.15) is 0 Å². The second kappa shape index (κ2) is 10.9. The molecule has 1 fully saturated rings. The summed E-state index contributed by atoms with van der Waals surface area (Å²) in [6, 6.07) is 0.564. The molecule has 1 saturated carbocycles. The third-order valence-electron chi connectivity index (χ3n) is 6.72. The largest absolute Gasteiger partial charge is 0.493 e. The van der Waals surface area contributed by atoms with Crippen LogP contribution in [-0.4, -0.2) is 37.2 Å². The number of hydrogen-bond acceptors (Lipinski definition) is 3. The maximum atomic E-state index is 6.08. The molecule has 0 aromatic rings. The topological polar surface area (TPSA) is 24.5 Å². The minimum Gasteiger partial charge on any atom is -0.493 e. The van der Waals surface area contributed by atoms with Gasteiger partial charge in [-0.05, 0) is 61.6 Å². The molecule has 0 spiro atoms. The smallest absolute Gasteiger partial charge is 0.122 e. The first-order valence-corrected chi connectivity index (χ1v) is 11.7. The van der Waals surface area contributed by atoms with Gasteiger partial charge in [0.1, 0.15) is 5.76 Å². The van der Waals surface area contributed by atoms with Crippen LogP contribution in [0.2, 0.25) is 0 Å². The van der Waals surface area contributed by atoms with Gasteiger partial charge in [0.05, 0.1) is 6.61 Å². The summed E-state index contributed by atoms with van der Waals surface area (Å²) < 4.78 is 6.08. The first kappa shape index (κ1) is 23.4. The van der Waals surface area contributed by atoms with Crippen LogP contribution in [0.1, 0.15) is 39.5 Å². The Morgan fingerprint density at radius 3 is 2.68 bits per heavy atom. The van der Waals surface area contributed by atoms with Crippen LogP contribution >= 0.6 is 0 Å². The van der Waals surface area contributed by atoms with Crippen LogP contribution in [0.25, 0.3) is 0 Å². The van der Waals surface area contributed by atoms with Crippen LogP contribution in [0.15, 0.2) is 85.4 Å². The summed E-state index contributed by atoms with van der Waals surface area (Å²) in [7, 11) is 0. The van der Waals surface area contributed by atoms with Crippen molar-refractivity contribution in [2.45, 2.75) is 45.6 Å². The zero-order valence-corrected chi connectivity index (χ0v) is 19.5. The lowest BCUT2D eigenvalue weighted by Crippen LogP contribution is -2.33. The van der Waals surface area contributed by atoms with Crippen molar-refractivity contribution in [3.63, 3.8) is 0 Å². The van der Waals surface area contributed by atoms with E-state index in [1.807, 2.05) is 24.4 Å². The number of hydrogen-bond donors (Lipinski definition) is 1. The first-order chi connectivity index (χ1) is 14.9. The fourth-order valence-corrected chi connectivity index (χ4v) is 4.79. The highest BCUT2D eigenvalue weighted by molar-refractivity contribution is 5.36. The van der Waals surface area contributed by atoms with Crippen molar-refractivity contribution in [3.8, 4) is 0 Å². The molecule has 0 amide bonds. The van der Waals surface area contributed by atoms with E-state index in [2.05, 4.69) is 68.1 Å². The minimum atomic E-state index is 0.0979. The molecule has 3 rings (SSSR count). The van der Waals surface area contributed by atoms with Crippen molar-refractivity contribution in [1.29, 1.82) is 0 Å². The van der Waals surface area contributed by atoms with E-state index in [-0.39, 0.29) is 5.41 Å². The summed E-state index contributed by atoms with van der Waals surface area (Å²) in [5.74, 6) is 2.33. The number of nitrogens with one attached hydrogen (secondary N) is 1. The highest BCUT2D eigenvalue weighted by atomic mass is 16.5. The van der Waals surface area contributed by atoms with Gasteiger partial charge in [-0.25, -0.2) is 0 Å². The van der Waals surface area contributed by atoms with E-state index in [4.69, 9.17) is 4.74 Å². The van der Waals surface area contributed by atoms with Crippen LogP contribution < -0.4 is 5.32 Å². The summed E-state index contributed by atoms with van der Waals surface area (Å²) in [4.78, 5) is 2.37. The van der Waals surface area contributed by atoms with E-state index >= 15 is 0 Å². The molecule has 0 radical (unpaired) electrons. The van der Waals surface area contributed by atoms with Crippen LogP contribution in [0.3, 0.4) is 0 Å². The van der Waals surface area contributed by atoms with Gasteiger partial charge in [0, 0.05) is 30.5 Å². The van der Waals surface area contributed by atoms with Crippen LogP contribution in [-0.2, 0) is 4.74 Å². The lowest BCUT2D eigenvalue weighted by Gasteiger charge is -2.28. The zero-order valence-electron chi connectivity index (χ0n) is 19.5. The maximum Gasteiger partial charge on any atom is 0.122 e. The molecule has 1 heterocycles. The molecule has 3 atom stereocenters. The van der Waals surface area contributed by atoms with Crippen LogP contribution in [0.4, 0.5) is 0 Å². The molecule has 3 heteroatoms. The highest BCUT2D eigenvalue weighted by Crippen LogP contribution is 2.32. The lowest BCUT2D eigenvalue weighted by atomic mass is 9.92. The number of nitrogens with zero attached hydrogens (tertiary/aromatic N) is 1. The lowest BCUT2D eigenvalue weighted by molar-refractivity contribution is 0.149. The molecule has 0 bridgehead atoms. The molecule has 0 aromatic carbocycles. The number of allylic oxidation sites excluding steroid dienone is 7. The Morgan fingerprint density at radius 2 is 1.94 bits per heavy atom. The SMILES string of the molecule is C=C/C=C(\C=C)CN(C=C)C1CCC(CNCC2COC3=C(C=CC(C)(C)C=C3)C2)C1. The van der Waals surface area contributed by atoms with Crippen molar-refractivity contribution >= 4 is 0 Å². The van der Waals surface area contributed by atoms with E-state index in [1.54, 1.807) is 0 Å². The average molecular weight is 421 g/mol. The maximum absolute atomic E-state index is 6.08. The van der Waals surface area contributed by atoms with Gasteiger partial charge < -0.3 is 15.0 Å². The zero-order chi connectivity index (χ0) is 22.3. The predicted octanol–water partition coefficient (Wildman–Crippen LogP) is 5.93. The van der Waals surface area contributed by atoms with Gasteiger partial charge in [-0.3, -0.25) is 0 Å². The average Bonchev–Trinajstić information content (AvgIpc) is 3.17. The highest BCUT2D eigenvalue weighted by Gasteiger charge is 2.28. The molecule has 0 saturated heterocycles. The predicted molar refractivity (Wildman–Crippen MR) is 133 cm³/mol. The van der Waals surface area contributed by atoms with Crippen molar-refractivity contribution in [2.24, 2.45) is 17.3 Å². The fourth-order valence-electron chi connectivity index (χ4n) is 4.79. The second-order valence-corrected chi connectivity index (χ2v) is 9.79. The summed E-state index contributed by atoms with van der Waals surface area (Å²) in [6.07, 6.45) is 21.5. The molecule has 3 nitrogen and oxygen atoms in total. The van der Waals surface area contributed by atoms with Gasteiger partial charge in [-0.1, -0.05) is 70.0 Å². The molecule has 3 unspecified atom stereocenters. The summed E-state index contributed by atoms with van der Waals surface area (Å²) in [5.41, 5.74) is 2.63. The van der Waals surface area contributed by atoms with Gasteiger partial charge in [-0.15, -0.1) is 0 Å². The van der Waals surface area contributed by atoms with E-state index in [1.165, 1.54) is 30.4 Å². The van der Waals surface area contributed by atoms with Crippen molar-refractivity contribution in [1.82, 2.24) is 10.2 Å². The normalized spacial score (nSPS) is 27.3. The van der Waals surface area contributed by atoms with E-state index in [0.717, 1.165) is 44.3 Å². The van der Waals surface area contributed by atoms with Crippen LogP contribution in [0.5, 0.6) is 0 Å². The molecular weight excluding hydrogens is 380 g/mol. The Hall–Kier alpha value is -2.26. The molecule has 168 valence electrons. The molecule has 0 aromatic heterocycles. The van der Waals surface area contributed by atoms with Crippen molar-refractivity contribution < 1.29 is 4.74 Å². The van der Waals surface area contributed by atoms with Gasteiger partial charge in [0.15, 0.2) is 0 Å². The van der Waals surface area contributed by atoms with Crippen molar-refractivity contribution in [2.75, 3.05) is 26.2 Å². The van der Waals surface area contributed by atoms with Gasteiger partial charge in [0.25, 0.3) is 0 Å². The molecule has 1 aliphatic heterocycles. The Balaban J connectivity index is 1.43. The Labute approximate surface area is 189 Å². The van der Waals surface area contributed by atoms with E-state index in [0.29, 0.717) is 12.0 Å². The fraction of sp³-hybridized carbons (Fsp3) is 0.500. The third kappa shape index (κ3) is 6.61. The van der Waals surface area contributed by atoms with E-state index < -0.39 is 0 Å². The van der Waals surface area contributed by atoms with E-state index in [9.17, 15) is 0 Å². The number of rotatable bonds is 10.